The van der Waals surface area contributed by atoms with E-state index in [1.165, 1.54) is 0 Å². The van der Waals surface area contributed by atoms with Crippen LogP contribution in [0.25, 0.3) is 5.69 Å². The Hall–Kier alpha value is -3.61. The first-order valence-corrected chi connectivity index (χ1v) is 10.4. The molecule has 160 valence electrons. The number of fused-ring (bicyclic) bond motifs is 1. The Bertz CT molecular complexity index is 1070. The summed E-state index contributed by atoms with van der Waals surface area (Å²) in [5.41, 5.74) is 3.76. The Morgan fingerprint density at radius 1 is 1.10 bits per heavy atom. The Morgan fingerprint density at radius 3 is 2.52 bits per heavy atom. The van der Waals surface area contributed by atoms with Crippen LogP contribution in [0.4, 0.5) is 5.69 Å². The van der Waals surface area contributed by atoms with Gasteiger partial charge >= 0.3 is 5.97 Å². The molecule has 7 nitrogen and oxygen atoms in total. The molecule has 1 N–H and O–H groups in total. The zero-order chi connectivity index (χ0) is 21.8. The van der Waals surface area contributed by atoms with Crippen LogP contribution in [0.2, 0.25) is 0 Å². The Morgan fingerprint density at radius 2 is 1.84 bits per heavy atom. The number of aromatic nitrogens is 2. The lowest BCUT2D eigenvalue weighted by Gasteiger charge is -2.16. The van der Waals surface area contributed by atoms with Crippen molar-refractivity contribution in [2.24, 2.45) is 0 Å². The minimum absolute atomic E-state index is 0.298. The second-order valence-corrected chi connectivity index (χ2v) is 7.39. The first-order chi connectivity index (χ1) is 15.1. The molecule has 0 radical (unpaired) electrons. The molecule has 0 aliphatic heterocycles. The van der Waals surface area contributed by atoms with Crippen molar-refractivity contribution < 1.29 is 19.1 Å². The number of rotatable bonds is 7. The van der Waals surface area contributed by atoms with Gasteiger partial charge in [0.1, 0.15) is 5.75 Å². The van der Waals surface area contributed by atoms with Gasteiger partial charge in [0.05, 0.1) is 12.8 Å². The second kappa shape index (κ2) is 9.04. The third kappa shape index (κ3) is 4.30. The number of benzene rings is 2. The van der Waals surface area contributed by atoms with E-state index in [-0.39, 0.29) is 5.91 Å². The van der Waals surface area contributed by atoms with Crippen LogP contribution in [0.5, 0.6) is 5.75 Å². The van der Waals surface area contributed by atoms with Crippen molar-refractivity contribution in [2.45, 2.75) is 38.7 Å². The monoisotopic (exact) mass is 419 g/mol. The molecule has 2 aromatic carbocycles. The maximum absolute atomic E-state index is 13.0. The largest absolute Gasteiger partial charge is 0.497 e. The molecule has 1 amide bonds. The highest BCUT2D eigenvalue weighted by molar-refractivity contribution is 5.97. The second-order valence-electron chi connectivity index (χ2n) is 7.39. The van der Waals surface area contributed by atoms with Gasteiger partial charge in [-0.1, -0.05) is 25.1 Å². The molecule has 31 heavy (non-hydrogen) atoms. The van der Waals surface area contributed by atoms with Gasteiger partial charge in [0.25, 0.3) is 5.91 Å². The maximum Gasteiger partial charge on any atom is 0.359 e. The van der Waals surface area contributed by atoms with E-state index >= 15 is 0 Å². The fraction of sp³-hybridized carbons (Fsp3) is 0.292. The third-order valence-electron chi connectivity index (χ3n) is 5.39. The Labute approximate surface area is 181 Å². The molecule has 1 aliphatic rings. The highest BCUT2D eigenvalue weighted by Gasteiger charge is 2.30. The SMILES string of the molecule is CCC(OC(=O)c1nn(-c2ccccc2)c2c1CCC2)C(=O)Nc1ccc(OC)cc1. The van der Waals surface area contributed by atoms with E-state index in [2.05, 4.69) is 10.4 Å². The summed E-state index contributed by atoms with van der Waals surface area (Å²) in [6.07, 6.45) is 2.06. The zero-order valence-corrected chi connectivity index (χ0v) is 17.6. The van der Waals surface area contributed by atoms with E-state index in [9.17, 15) is 9.59 Å². The third-order valence-corrected chi connectivity index (χ3v) is 5.39. The van der Waals surface area contributed by atoms with Crippen LogP contribution < -0.4 is 10.1 Å². The molecule has 0 saturated carbocycles. The van der Waals surface area contributed by atoms with Crippen molar-refractivity contribution in [3.63, 3.8) is 0 Å². The van der Waals surface area contributed by atoms with Crippen LogP contribution in [0.1, 0.15) is 41.5 Å². The molecule has 0 fully saturated rings. The lowest BCUT2D eigenvalue weighted by molar-refractivity contribution is -0.124. The number of methoxy groups -OCH3 is 1. The summed E-state index contributed by atoms with van der Waals surface area (Å²) in [4.78, 5) is 25.6. The van der Waals surface area contributed by atoms with Crippen LogP contribution in [0.3, 0.4) is 0 Å². The number of carbonyl (C=O) groups is 2. The Balaban J connectivity index is 1.50. The summed E-state index contributed by atoms with van der Waals surface area (Å²) in [6, 6.07) is 16.7. The topological polar surface area (TPSA) is 82.5 Å². The molecule has 1 heterocycles. The van der Waals surface area contributed by atoms with Crippen LogP contribution >= 0.6 is 0 Å². The van der Waals surface area contributed by atoms with Crippen molar-refractivity contribution in [3.05, 3.63) is 71.5 Å². The Kier molecular flexibility index (Phi) is 6.02. The smallest absolute Gasteiger partial charge is 0.359 e. The predicted octanol–water partition coefficient (Wildman–Crippen LogP) is 3.94. The van der Waals surface area contributed by atoms with Gasteiger partial charge in [0.15, 0.2) is 11.8 Å². The van der Waals surface area contributed by atoms with E-state index in [0.29, 0.717) is 23.6 Å². The highest BCUT2D eigenvalue weighted by atomic mass is 16.5. The standard InChI is InChI=1S/C24H25N3O4/c1-3-21(23(28)25-16-12-14-18(30-2)15-13-16)31-24(29)22-19-10-7-11-20(19)27(26-22)17-8-5-4-6-9-17/h4-6,8-9,12-15,21H,3,7,10-11H2,1-2H3,(H,25,28). The van der Waals surface area contributed by atoms with Gasteiger partial charge in [0.2, 0.25) is 0 Å². The van der Waals surface area contributed by atoms with Crippen molar-refractivity contribution in [1.29, 1.82) is 0 Å². The molecule has 0 bridgehead atoms. The summed E-state index contributed by atoms with van der Waals surface area (Å²) in [6.45, 7) is 1.80. The van der Waals surface area contributed by atoms with E-state index < -0.39 is 12.1 Å². The number of hydrogen-bond donors (Lipinski definition) is 1. The predicted molar refractivity (Wildman–Crippen MR) is 117 cm³/mol. The van der Waals surface area contributed by atoms with Crippen molar-refractivity contribution in [1.82, 2.24) is 9.78 Å². The molecule has 1 unspecified atom stereocenters. The summed E-state index contributed by atoms with van der Waals surface area (Å²) in [7, 11) is 1.58. The van der Waals surface area contributed by atoms with Crippen LogP contribution in [-0.2, 0) is 22.4 Å². The van der Waals surface area contributed by atoms with Gasteiger partial charge in [0, 0.05) is 16.9 Å². The summed E-state index contributed by atoms with van der Waals surface area (Å²) >= 11 is 0. The van der Waals surface area contributed by atoms with E-state index in [1.54, 1.807) is 38.3 Å². The highest BCUT2D eigenvalue weighted by Crippen LogP contribution is 2.28. The molecule has 3 aromatic rings. The number of esters is 1. The molecule has 1 aromatic heterocycles. The minimum Gasteiger partial charge on any atom is -0.497 e. The molecule has 7 heteroatoms. The molecule has 1 aliphatic carbocycles. The van der Waals surface area contributed by atoms with Crippen LogP contribution in [0.15, 0.2) is 54.6 Å². The number of para-hydroxylation sites is 1. The number of amides is 1. The maximum atomic E-state index is 13.0. The van der Waals surface area contributed by atoms with Crippen LogP contribution in [0, 0.1) is 0 Å². The molecule has 0 spiro atoms. The molecular formula is C24H25N3O4. The number of anilines is 1. The number of ether oxygens (including phenoxy) is 2. The molecular weight excluding hydrogens is 394 g/mol. The van der Waals surface area contributed by atoms with E-state index in [0.717, 1.165) is 36.2 Å². The number of nitrogens with one attached hydrogen (secondary N) is 1. The number of nitrogens with zero attached hydrogens (tertiary/aromatic N) is 2. The fourth-order valence-corrected chi connectivity index (χ4v) is 3.79. The van der Waals surface area contributed by atoms with Gasteiger partial charge < -0.3 is 14.8 Å². The molecule has 1 atom stereocenters. The quantitative estimate of drug-likeness (QED) is 0.587. The number of hydrogen-bond acceptors (Lipinski definition) is 5. The van der Waals surface area contributed by atoms with E-state index in [4.69, 9.17) is 9.47 Å². The first-order valence-electron chi connectivity index (χ1n) is 10.4. The fourth-order valence-electron chi connectivity index (χ4n) is 3.79. The summed E-state index contributed by atoms with van der Waals surface area (Å²) in [5.74, 6) is -0.246. The normalized spacial score (nSPS) is 13.4. The minimum atomic E-state index is -0.909. The summed E-state index contributed by atoms with van der Waals surface area (Å²) < 4.78 is 12.5. The first kappa shape index (κ1) is 20.7. The average molecular weight is 419 g/mol. The molecule has 4 rings (SSSR count). The van der Waals surface area contributed by atoms with Gasteiger partial charge in [-0.2, -0.15) is 5.10 Å². The van der Waals surface area contributed by atoms with Gasteiger partial charge in [-0.05, 0) is 62.1 Å². The molecule has 0 saturated heterocycles. The van der Waals surface area contributed by atoms with Crippen molar-refractivity contribution >= 4 is 17.6 Å². The van der Waals surface area contributed by atoms with Gasteiger partial charge in [-0.25, -0.2) is 9.48 Å². The van der Waals surface area contributed by atoms with Crippen molar-refractivity contribution in [3.8, 4) is 11.4 Å². The van der Waals surface area contributed by atoms with Crippen LogP contribution in [-0.4, -0.2) is 34.9 Å². The lowest BCUT2D eigenvalue weighted by atomic mass is 10.2. The van der Waals surface area contributed by atoms with Gasteiger partial charge in [-0.15, -0.1) is 0 Å². The lowest BCUT2D eigenvalue weighted by Crippen LogP contribution is -2.32. The van der Waals surface area contributed by atoms with Gasteiger partial charge in [-0.3, -0.25) is 4.79 Å². The average Bonchev–Trinajstić information content (AvgIpc) is 3.41. The number of carbonyl (C=O) groups excluding carboxylic acids is 2. The zero-order valence-electron chi connectivity index (χ0n) is 17.6. The van der Waals surface area contributed by atoms with E-state index in [1.807, 2.05) is 35.0 Å². The summed E-state index contributed by atoms with van der Waals surface area (Å²) in [5, 5.41) is 7.34. The van der Waals surface area contributed by atoms with Crippen molar-refractivity contribution in [2.75, 3.05) is 12.4 Å².